The standard InChI is InChI=1S/C9H8O.C9H8S/c2*1-2-6-9-8(4-1)5-3-7-10-9/h2*1-6H,7H2. The van der Waals surface area contributed by atoms with Crippen molar-refractivity contribution < 1.29 is 4.74 Å². The third kappa shape index (κ3) is 3.14. The monoisotopic (exact) mass is 280 g/mol. The largest absolute Gasteiger partial charge is 0.489 e. The molecule has 0 N–H and O–H groups in total. The summed E-state index contributed by atoms with van der Waals surface area (Å²) in [5.41, 5.74) is 2.53. The minimum absolute atomic E-state index is 0.705. The van der Waals surface area contributed by atoms with E-state index >= 15 is 0 Å². The maximum atomic E-state index is 5.34. The molecule has 0 fully saturated rings. The van der Waals surface area contributed by atoms with Gasteiger partial charge in [-0.25, -0.2) is 0 Å². The zero-order chi connectivity index (χ0) is 13.6. The molecule has 0 spiro atoms. The van der Waals surface area contributed by atoms with Crippen LogP contribution in [0.5, 0.6) is 5.75 Å². The fourth-order valence-corrected chi connectivity index (χ4v) is 2.97. The molecule has 0 aliphatic carbocycles. The van der Waals surface area contributed by atoms with Crippen molar-refractivity contribution in [3.05, 3.63) is 71.8 Å². The van der Waals surface area contributed by atoms with Gasteiger partial charge in [-0.15, -0.1) is 11.8 Å². The number of fused-ring (bicyclic) bond motifs is 2. The molecule has 2 heteroatoms. The van der Waals surface area contributed by atoms with Crippen molar-refractivity contribution in [2.45, 2.75) is 4.90 Å². The first kappa shape index (κ1) is 13.1. The van der Waals surface area contributed by atoms with E-state index in [0.717, 1.165) is 11.5 Å². The molecule has 0 unspecified atom stereocenters. The van der Waals surface area contributed by atoms with Gasteiger partial charge in [0, 0.05) is 16.2 Å². The number of rotatable bonds is 0. The molecule has 0 saturated carbocycles. The summed E-state index contributed by atoms with van der Waals surface area (Å²) in [5.74, 6) is 2.11. The van der Waals surface area contributed by atoms with Gasteiger partial charge in [0.05, 0.1) is 0 Å². The van der Waals surface area contributed by atoms with E-state index in [4.69, 9.17) is 4.74 Å². The zero-order valence-electron chi connectivity index (χ0n) is 11.2. The number of hydrogen-bond acceptors (Lipinski definition) is 2. The highest BCUT2D eigenvalue weighted by Crippen LogP contribution is 2.27. The van der Waals surface area contributed by atoms with Gasteiger partial charge in [0.1, 0.15) is 12.4 Å². The van der Waals surface area contributed by atoms with Crippen molar-refractivity contribution in [1.82, 2.24) is 0 Å². The van der Waals surface area contributed by atoms with E-state index in [1.807, 2.05) is 42.1 Å². The molecule has 1 nitrogen and oxygen atoms in total. The molecule has 2 aromatic rings. The molecular weight excluding hydrogens is 264 g/mol. The molecule has 2 aliphatic rings. The highest BCUT2D eigenvalue weighted by atomic mass is 32.2. The molecule has 0 saturated heterocycles. The van der Waals surface area contributed by atoms with E-state index in [-0.39, 0.29) is 0 Å². The van der Waals surface area contributed by atoms with Crippen LogP contribution in [0.1, 0.15) is 11.1 Å². The van der Waals surface area contributed by atoms with Gasteiger partial charge in [-0.2, -0.15) is 0 Å². The van der Waals surface area contributed by atoms with E-state index < -0.39 is 0 Å². The summed E-state index contributed by atoms with van der Waals surface area (Å²) < 4.78 is 5.34. The lowest BCUT2D eigenvalue weighted by molar-refractivity contribution is 0.358. The fraction of sp³-hybridized carbons (Fsp3) is 0.111. The Balaban J connectivity index is 0.000000121. The molecule has 0 radical (unpaired) electrons. The Bertz CT molecular complexity index is 586. The normalized spacial score (nSPS) is 14.4. The molecule has 2 aliphatic heterocycles. The SMILES string of the molecule is C1=Cc2ccccc2OC1.C1=Cc2ccccc2SC1. The first-order valence-corrected chi connectivity index (χ1v) is 7.69. The quantitative estimate of drug-likeness (QED) is 0.679. The summed E-state index contributed by atoms with van der Waals surface area (Å²) in [4.78, 5) is 1.41. The Morgan fingerprint density at radius 3 is 2.40 bits per heavy atom. The van der Waals surface area contributed by atoms with Crippen LogP contribution in [0.15, 0.2) is 65.6 Å². The molecule has 4 rings (SSSR count). The average molecular weight is 280 g/mol. The van der Waals surface area contributed by atoms with Gasteiger partial charge in [0.15, 0.2) is 0 Å². The van der Waals surface area contributed by atoms with E-state index in [9.17, 15) is 0 Å². The lowest BCUT2D eigenvalue weighted by Gasteiger charge is -2.10. The Kier molecular flexibility index (Phi) is 4.24. The van der Waals surface area contributed by atoms with Crippen molar-refractivity contribution >= 4 is 23.9 Å². The van der Waals surface area contributed by atoms with Crippen molar-refractivity contribution in [1.29, 1.82) is 0 Å². The summed E-state index contributed by atoms with van der Waals surface area (Å²) in [6.07, 6.45) is 8.49. The zero-order valence-corrected chi connectivity index (χ0v) is 12.0. The second-order valence-electron chi connectivity index (χ2n) is 4.50. The Morgan fingerprint density at radius 2 is 1.55 bits per heavy atom. The van der Waals surface area contributed by atoms with Crippen LogP contribution in [-0.4, -0.2) is 12.4 Å². The van der Waals surface area contributed by atoms with Crippen LogP contribution in [-0.2, 0) is 0 Å². The topological polar surface area (TPSA) is 9.23 Å². The second kappa shape index (κ2) is 6.49. The molecule has 2 heterocycles. The number of para-hydroxylation sites is 1. The summed E-state index contributed by atoms with van der Waals surface area (Å²) in [6.45, 7) is 0.705. The number of hydrogen-bond donors (Lipinski definition) is 0. The summed E-state index contributed by atoms with van der Waals surface area (Å²) in [7, 11) is 0. The first-order chi connectivity index (χ1) is 9.93. The van der Waals surface area contributed by atoms with Crippen molar-refractivity contribution in [2.24, 2.45) is 0 Å². The summed E-state index contributed by atoms with van der Waals surface area (Å²) in [5, 5.41) is 0. The Hall–Kier alpha value is -1.93. The molecule has 20 heavy (non-hydrogen) atoms. The smallest absolute Gasteiger partial charge is 0.126 e. The maximum absolute atomic E-state index is 5.34. The summed E-state index contributed by atoms with van der Waals surface area (Å²) >= 11 is 1.90. The number of ether oxygens (including phenoxy) is 1. The van der Waals surface area contributed by atoms with Gasteiger partial charge < -0.3 is 4.74 Å². The van der Waals surface area contributed by atoms with Gasteiger partial charge in [0.25, 0.3) is 0 Å². The predicted molar refractivity (Wildman–Crippen MR) is 87.2 cm³/mol. The van der Waals surface area contributed by atoms with Gasteiger partial charge in [0.2, 0.25) is 0 Å². The third-order valence-electron chi connectivity index (χ3n) is 3.10. The van der Waals surface area contributed by atoms with Crippen LogP contribution in [0, 0.1) is 0 Å². The molecule has 0 bridgehead atoms. The van der Waals surface area contributed by atoms with Crippen LogP contribution in [0.2, 0.25) is 0 Å². The van der Waals surface area contributed by atoms with E-state index in [0.29, 0.717) is 6.61 Å². The third-order valence-corrected chi connectivity index (χ3v) is 4.14. The molecule has 0 atom stereocenters. The van der Waals surface area contributed by atoms with E-state index in [1.54, 1.807) is 0 Å². The highest BCUT2D eigenvalue weighted by molar-refractivity contribution is 7.99. The van der Waals surface area contributed by atoms with Gasteiger partial charge in [-0.05, 0) is 23.8 Å². The lowest BCUT2D eigenvalue weighted by Crippen LogP contribution is -1.98. The Morgan fingerprint density at radius 1 is 0.800 bits per heavy atom. The van der Waals surface area contributed by atoms with Crippen LogP contribution in [0.4, 0.5) is 0 Å². The molecule has 2 aromatic carbocycles. The average Bonchev–Trinajstić information content (AvgIpc) is 2.56. The predicted octanol–water partition coefficient (Wildman–Crippen LogP) is 4.90. The van der Waals surface area contributed by atoms with Crippen molar-refractivity contribution in [3.63, 3.8) is 0 Å². The Labute approximate surface area is 124 Å². The second-order valence-corrected chi connectivity index (χ2v) is 5.56. The van der Waals surface area contributed by atoms with Crippen LogP contribution >= 0.6 is 11.8 Å². The molecule has 0 amide bonds. The fourth-order valence-electron chi connectivity index (χ4n) is 2.13. The van der Waals surface area contributed by atoms with Gasteiger partial charge in [-0.3, -0.25) is 0 Å². The van der Waals surface area contributed by atoms with Gasteiger partial charge in [-0.1, -0.05) is 54.6 Å². The van der Waals surface area contributed by atoms with Crippen molar-refractivity contribution in [3.8, 4) is 5.75 Å². The van der Waals surface area contributed by atoms with Crippen LogP contribution < -0.4 is 4.74 Å². The van der Waals surface area contributed by atoms with Crippen LogP contribution in [0.3, 0.4) is 0 Å². The molecule has 100 valence electrons. The minimum Gasteiger partial charge on any atom is -0.489 e. The van der Waals surface area contributed by atoms with E-state index in [2.05, 4.69) is 42.5 Å². The molecule has 0 aromatic heterocycles. The van der Waals surface area contributed by atoms with Crippen LogP contribution in [0.25, 0.3) is 12.2 Å². The van der Waals surface area contributed by atoms with Gasteiger partial charge >= 0.3 is 0 Å². The minimum atomic E-state index is 0.705. The maximum Gasteiger partial charge on any atom is 0.126 e. The first-order valence-electron chi connectivity index (χ1n) is 6.70. The number of benzene rings is 2. The lowest BCUT2D eigenvalue weighted by atomic mass is 10.1. The molecular formula is C18H16OS. The highest BCUT2D eigenvalue weighted by Gasteiger charge is 2.01. The summed E-state index contributed by atoms with van der Waals surface area (Å²) in [6, 6.07) is 16.5. The number of thioether (sulfide) groups is 1. The van der Waals surface area contributed by atoms with Crippen molar-refractivity contribution in [2.75, 3.05) is 12.4 Å². The van der Waals surface area contributed by atoms with E-state index in [1.165, 1.54) is 16.0 Å².